The third-order valence-corrected chi connectivity index (χ3v) is 3.92. The van der Waals surface area contributed by atoms with Gasteiger partial charge in [0, 0.05) is 16.2 Å². The van der Waals surface area contributed by atoms with Crippen molar-refractivity contribution in [3.8, 4) is 5.75 Å². The van der Waals surface area contributed by atoms with Crippen LogP contribution in [-0.2, 0) is 10.0 Å². The first-order chi connectivity index (χ1) is 8.88. The molecule has 0 atom stereocenters. The summed E-state index contributed by atoms with van der Waals surface area (Å²) in [7, 11) is -3.92. The molecule has 0 saturated carbocycles. The largest absolute Gasteiger partial charge is 0.504 e. The zero-order chi connectivity index (χ0) is 14.0. The molecule has 0 saturated heterocycles. The van der Waals surface area contributed by atoms with Gasteiger partial charge in [0.1, 0.15) is 0 Å². The Bertz CT molecular complexity index is 699. The molecule has 19 heavy (non-hydrogen) atoms. The van der Waals surface area contributed by atoms with Crippen molar-refractivity contribution < 1.29 is 13.5 Å². The number of nitrogens with zero attached hydrogens (tertiary/aromatic N) is 1. The summed E-state index contributed by atoms with van der Waals surface area (Å²) in [6.45, 7) is 0. The van der Waals surface area contributed by atoms with E-state index in [1.807, 2.05) is 0 Å². The average Bonchev–Trinajstić information content (AvgIpc) is 2.31. The van der Waals surface area contributed by atoms with Crippen LogP contribution in [0.5, 0.6) is 5.75 Å². The number of aromatic nitrogens is 1. The molecule has 0 aliphatic rings. The van der Waals surface area contributed by atoms with Gasteiger partial charge >= 0.3 is 0 Å². The van der Waals surface area contributed by atoms with Crippen molar-refractivity contribution in [2.24, 2.45) is 0 Å². The van der Waals surface area contributed by atoms with Crippen LogP contribution in [0.15, 0.2) is 41.4 Å². The Hall–Kier alpha value is -1.50. The molecule has 1 aromatic carbocycles. The van der Waals surface area contributed by atoms with Crippen LogP contribution in [0.2, 0.25) is 10.0 Å². The van der Waals surface area contributed by atoms with E-state index in [4.69, 9.17) is 23.2 Å². The molecule has 0 radical (unpaired) electrons. The van der Waals surface area contributed by atoms with Gasteiger partial charge in [-0.1, -0.05) is 23.2 Å². The van der Waals surface area contributed by atoms with Gasteiger partial charge in [0.2, 0.25) is 0 Å². The van der Waals surface area contributed by atoms with E-state index < -0.39 is 10.0 Å². The second-order valence-corrected chi connectivity index (χ2v) is 6.14. The Labute approximate surface area is 119 Å². The van der Waals surface area contributed by atoms with Crippen LogP contribution >= 0.6 is 23.2 Å². The average molecular weight is 319 g/mol. The van der Waals surface area contributed by atoms with Crippen molar-refractivity contribution in [1.29, 1.82) is 0 Å². The number of anilines is 1. The molecule has 0 amide bonds. The molecule has 0 aliphatic heterocycles. The second-order valence-electron chi connectivity index (χ2n) is 3.58. The van der Waals surface area contributed by atoms with Crippen molar-refractivity contribution >= 4 is 39.0 Å². The number of nitrogens with one attached hydrogen (secondary N) is 1. The maximum Gasteiger partial charge on any atom is 0.263 e. The zero-order valence-corrected chi connectivity index (χ0v) is 11.7. The maximum absolute atomic E-state index is 12.1. The number of sulfonamides is 1. The second kappa shape index (κ2) is 5.24. The van der Waals surface area contributed by atoms with Gasteiger partial charge in [0.25, 0.3) is 10.0 Å². The minimum Gasteiger partial charge on any atom is -0.504 e. The highest BCUT2D eigenvalue weighted by atomic mass is 35.5. The number of benzene rings is 1. The number of pyridine rings is 1. The third kappa shape index (κ3) is 3.28. The SMILES string of the molecule is O=S(=O)(Nc1ncccc1O)c1cc(Cl)cc(Cl)c1. The summed E-state index contributed by atoms with van der Waals surface area (Å²) in [5, 5.41) is 9.87. The Balaban J connectivity index is 2.41. The number of aromatic hydroxyl groups is 1. The third-order valence-electron chi connectivity index (χ3n) is 2.16. The van der Waals surface area contributed by atoms with Gasteiger partial charge in [-0.15, -0.1) is 0 Å². The van der Waals surface area contributed by atoms with Crippen LogP contribution in [0.4, 0.5) is 5.82 Å². The Morgan fingerprint density at radius 1 is 1.16 bits per heavy atom. The van der Waals surface area contributed by atoms with Gasteiger partial charge in [-0.2, -0.15) is 0 Å². The molecule has 1 heterocycles. The lowest BCUT2D eigenvalue weighted by molar-refractivity contribution is 0.475. The molecular weight excluding hydrogens is 311 g/mol. The van der Waals surface area contributed by atoms with E-state index in [-0.39, 0.29) is 26.5 Å². The smallest absolute Gasteiger partial charge is 0.263 e. The number of hydrogen-bond acceptors (Lipinski definition) is 4. The van der Waals surface area contributed by atoms with E-state index in [0.29, 0.717) is 0 Å². The van der Waals surface area contributed by atoms with Crippen molar-refractivity contribution in [3.05, 3.63) is 46.6 Å². The molecule has 2 rings (SSSR count). The molecule has 1 aromatic heterocycles. The molecule has 2 aromatic rings. The lowest BCUT2D eigenvalue weighted by Crippen LogP contribution is -2.14. The summed E-state index contributed by atoms with van der Waals surface area (Å²) in [4.78, 5) is 3.61. The molecule has 0 unspecified atom stereocenters. The van der Waals surface area contributed by atoms with E-state index in [1.165, 1.54) is 36.5 Å². The summed E-state index contributed by atoms with van der Waals surface area (Å²) in [5.41, 5.74) is 0. The minimum absolute atomic E-state index is 0.116. The summed E-state index contributed by atoms with van der Waals surface area (Å²) < 4.78 is 26.3. The van der Waals surface area contributed by atoms with Gasteiger partial charge in [-0.25, -0.2) is 13.4 Å². The Kier molecular flexibility index (Phi) is 3.84. The first kappa shape index (κ1) is 13.9. The molecule has 0 bridgehead atoms. The van der Waals surface area contributed by atoms with Crippen LogP contribution in [0.3, 0.4) is 0 Å². The van der Waals surface area contributed by atoms with Crippen molar-refractivity contribution in [2.45, 2.75) is 4.90 Å². The van der Waals surface area contributed by atoms with Crippen LogP contribution < -0.4 is 4.72 Å². The number of hydrogen-bond donors (Lipinski definition) is 2. The summed E-state index contributed by atoms with van der Waals surface area (Å²) in [6, 6.07) is 6.70. The minimum atomic E-state index is -3.92. The molecular formula is C11H8Cl2N2O3S. The van der Waals surface area contributed by atoms with Gasteiger partial charge < -0.3 is 5.11 Å². The lowest BCUT2D eigenvalue weighted by atomic mass is 10.4. The van der Waals surface area contributed by atoms with Crippen LogP contribution in [0, 0.1) is 0 Å². The molecule has 0 fully saturated rings. The van der Waals surface area contributed by atoms with E-state index in [2.05, 4.69) is 9.71 Å². The summed E-state index contributed by atoms with van der Waals surface area (Å²) in [6.07, 6.45) is 1.35. The topological polar surface area (TPSA) is 79.3 Å². The van der Waals surface area contributed by atoms with Crippen LogP contribution in [0.1, 0.15) is 0 Å². The summed E-state index contributed by atoms with van der Waals surface area (Å²) >= 11 is 11.5. The highest BCUT2D eigenvalue weighted by molar-refractivity contribution is 7.92. The Morgan fingerprint density at radius 3 is 2.37 bits per heavy atom. The predicted octanol–water partition coefficient (Wildman–Crippen LogP) is 2.89. The molecule has 0 aliphatic carbocycles. The molecule has 100 valence electrons. The zero-order valence-electron chi connectivity index (χ0n) is 9.34. The van der Waals surface area contributed by atoms with Crippen LogP contribution in [-0.4, -0.2) is 18.5 Å². The lowest BCUT2D eigenvalue weighted by Gasteiger charge is -2.09. The van der Waals surface area contributed by atoms with Gasteiger partial charge in [0.15, 0.2) is 11.6 Å². The van der Waals surface area contributed by atoms with E-state index in [0.717, 1.165) is 0 Å². The monoisotopic (exact) mass is 318 g/mol. The van der Waals surface area contributed by atoms with Crippen molar-refractivity contribution in [2.75, 3.05) is 4.72 Å². The first-order valence-corrected chi connectivity index (χ1v) is 7.25. The summed E-state index contributed by atoms with van der Waals surface area (Å²) in [5.74, 6) is -0.446. The van der Waals surface area contributed by atoms with E-state index >= 15 is 0 Å². The number of halogens is 2. The first-order valence-electron chi connectivity index (χ1n) is 5.01. The normalized spacial score (nSPS) is 11.3. The maximum atomic E-state index is 12.1. The van der Waals surface area contributed by atoms with Crippen molar-refractivity contribution in [3.63, 3.8) is 0 Å². The number of rotatable bonds is 3. The molecule has 2 N–H and O–H groups in total. The standard InChI is InChI=1S/C11H8Cl2N2O3S/c12-7-4-8(13)6-9(5-7)19(17,18)15-11-10(16)2-1-3-14-11/h1-6,16H,(H,14,15). The highest BCUT2D eigenvalue weighted by Gasteiger charge is 2.18. The van der Waals surface area contributed by atoms with E-state index in [1.54, 1.807) is 0 Å². The van der Waals surface area contributed by atoms with Crippen LogP contribution in [0.25, 0.3) is 0 Å². The fraction of sp³-hybridized carbons (Fsp3) is 0. The fourth-order valence-electron chi connectivity index (χ4n) is 1.35. The Morgan fingerprint density at radius 2 is 1.79 bits per heavy atom. The van der Waals surface area contributed by atoms with Gasteiger partial charge in [0.05, 0.1) is 4.90 Å². The quantitative estimate of drug-likeness (QED) is 0.912. The van der Waals surface area contributed by atoms with Gasteiger partial charge in [-0.3, -0.25) is 4.72 Å². The molecule has 0 spiro atoms. The molecule has 5 nitrogen and oxygen atoms in total. The van der Waals surface area contributed by atoms with Gasteiger partial charge in [-0.05, 0) is 30.3 Å². The fourth-order valence-corrected chi connectivity index (χ4v) is 3.09. The molecule has 8 heteroatoms. The van der Waals surface area contributed by atoms with E-state index in [9.17, 15) is 13.5 Å². The van der Waals surface area contributed by atoms with Crippen molar-refractivity contribution in [1.82, 2.24) is 4.98 Å². The predicted molar refractivity (Wildman–Crippen MR) is 73.2 cm³/mol. The highest BCUT2D eigenvalue weighted by Crippen LogP contribution is 2.26.